The molecule has 0 radical (unpaired) electrons. The summed E-state index contributed by atoms with van der Waals surface area (Å²) in [6, 6.07) is 6.14. The first-order valence-electron chi connectivity index (χ1n) is 16.3. The lowest BCUT2D eigenvalue weighted by molar-refractivity contribution is -0.137. The van der Waals surface area contributed by atoms with E-state index in [9.17, 15) is 27.6 Å². The highest BCUT2D eigenvalue weighted by Crippen LogP contribution is 2.50. The van der Waals surface area contributed by atoms with Crippen molar-refractivity contribution < 1.29 is 27.5 Å². The second-order valence-corrected chi connectivity index (χ2v) is 13.4. The van der Waals surface area contributed by atoms with E-state index in [1.54, 1.807) is 29.9 Å². The Kier molecular flexibility index (Phi) is 8.67. The summed E-state index contributed by atoms with van der Waals surface area (Å²) in [5.41, 5.74) is 0.883. The molecule has 5 heterocycles. The van der Waals surface area contributed by atoms with Crippen LogP contribution in [0, 0.1) is 0 Å². The Bertz CT molecular complexity index is 2100. The topological polar surface area (TPSA) is 136 Å². The van der Waals surface area contributed by atoms with Gasteiger partial charge in [-0.25, -0.2) is 4.98 Å². The molecule has 0 bridgehead atoms. The van der Waals surface area contributed by atoms with Crippen LogP contribution in [0.3, 0.4) is 0 Å². The van der Waals surface area contributed by atoms with Gasteiger partial charge in [-0.1, -0.05) is 24.6 Å². The van der Waals surface area contributed by atoms with E-state index < -0.39 is 23.1 Å². The van der Waals surface area contributed by atoms with Gasteiger partial charge < -0.3 is 24.8 Å². The maximum atomic E-state index is 14.4. The summed E-state index contributed by atoms with van der Waals surface area (Å²) in [7, 11) is 1.57. The number of rotatable bonds is 6. The Morgan fingerprint density at radius 1 is 1.16 bits per heavy atom. The number of halogens is 4. The minimum Gasteiger partial charge on any atom is -0.377 e. The number of piperidine rings is 1. The third-order valence-electron chi connectivity index (χ3n) is 9.88. The summed E-state index contributed by atoms with van der Waals surface area (Å²) in [4.78, 5) is 51.7. The zero-order chi connectivity index (χ0) is 35.4. The van der Waals surface area contributed by atoms with E-state index in [0.29, 0.717) is 80.4 Å². The van der Waals surface area contributed by atoms with E-state index in [1.807, 2.05) is 13.0 Å². The SMILES string of the molecule is CNC(=O)c1ccnc(N2CCC3(CC2)CC(C)c2c3c(=O)n3nc(C4=CCOCC4)nc3n2CC(=O)Nc2ccc(C(F)(F)F)cc2Cl)c1. The summed E-state index contributed by atoms with van der Waals surface area (Å²) in [5.74, 6) is 0.338. The minimum absolute atomic E-state index is 0.0267. The average Bonchev–Trinajstić information content (AvgIpc) is 3.67. The lowest BCUT2D eigenvalue weighted by atomic mass is 9.73. The van der Waals surface area contributed by atoms with Gasteiger partial charge in [0.1, 0.15) is 12.4 Å². The Balaban J connectivity index is 1.26. The van der Waals surface area contributed by atoms with E-state index in [1.165, 1.54) is 4.52 Å². The van der Waals surface area contributed by atoms with Gasteiger partial charge in [-0.15, -0.1) is 5.10 Å². The fourth-order valence-electron chi connectivity index (χ4n) is 7.51. The number of benzene rings is 1. The molecule has 7 rings (SSSR count). The highest BCUT2D eigenvalue weighted by atomic mass is 35.5. The average molecular weight is 711 g/mol. The molecule has 1 fully saturated rings. The fourth-order valence-corrected chi connectivity index (χ4v) is 7.74. The number of fused-ring (bicyclic) bond motifs is 3. The molecule has 262 valence electrons. The molecular formula is C34H34ClF3N8O4. The van der Waals surface area contributed by atoms with Crippen LogP contribution in [0.25, 0.3) is 11.4 Å². The second kappa shape index (κ2) is 12.8. The smallest absolute Gasteiger partial charge is 0.377 e. The number of aromatic nitrogens is 5. The first-order chi connectivity index (χ1) is 23.9. The van der Waals surface area contributed by atoms with Gasteiger partial charge in [0.05, 0.1) is 29.5 Å². The van der Waals surface area contributed by atoms with Crippen molar-refractivity contribution in [2.24, 2.45) is 0 Å². The van der Waals surface area contributed by atoms with Crippen LogP contribution in [0.2, 0.25) is 5.02 Å². The number of nitrogens with zero attached hydrogens (tertiary/aromatic N) is 6. The molecule has 2 aliphatic heterocycles. The molecule has 2 amide bonds. The molecule has 50 heavy (non-hydrogen) atoms. The van der Waals surface area contributed by atoms with Crippen molar-refractivity contribution in [2.75, 3.05) is 43.6 Å². The van der Waals surface area contributed by atoms with Gasteiger partial charge in [-0.05, 0) is 67.5 Å². The molecule has 1 aliphatic carbocycles. The molecular weight excluding hydrogens is 677 g/mol. The van der Waals surface area contributed by atoms with Crippen molar-refractivity contribution in [2.45, 2.75) is 56.7 Å². The third kappa shape index (κ3) is 6.02. The van der Waals surface area contributed by atoms with Crippen LogP contribution in [-0.2, 0) is 27.7 Å². The molecule has 3 aliphatic rings. The predicted octanol–water partition coefficient (Wildman–Crippen LogP) is 4.81. The molecule has 4 aromatic rings. The zero-order valence-corrected chi connectivity index (χ0v) is 28.1. The molecule has 1 atom stereocenters. The number of nitrogens with one attached hydrogen (secondary N) is 2. The first kappa shape index (κ1) is 33.7. The van der Waals surface area contributed by atoms with Crippen LogP contribution in [0.1, 0.15) is 71.5 Å². The summed E-state index contributed by atoms with van der Waals surface area (Å²) in [5, 5.41) is 9.66. The highest BCUT2D eigenvalue weighted by molar-refractivity contribution is 6.33. The van der Waals surface area contributed by atoms with Crippen LogP contribution < -0.4 is 21.1 Å². The van der Waals surface area contributed by atoms with Crippen molar-refractivity contribution in [3.63, 3.8) is 0 Å². The summed E-state index contributed by atoms with van der Waals surface area (Å²) >= 11 is 6.16. The number of anilines is 2. The minimum atomic E-state index is -4.59. The molecule has 3 aromatic heterocycles. The van der Waals surface area contributed by atoms with Crippen molar-refractivity contribution >= 4 is 46.3 Å². The number of carbonyl (C=O) groups is 2. The van der Waals surface area contributed by atoms with Crippen LogP contribution in [0.4, 0.5) is 24.7 Å². The lowest BCUT2D eigenvalue weighted by Crippen LogP contribution is -2.45. The van der Waals surface area contributed by atoms with Crippen LogP contribution in [0.15, 0.2) is 47.4 Å². The van der Waals surface area contributed by atoms with Crippen molar-refractivity contribution in [1.82, 2.24) is 29.5 Å². The van der Waals surface area contributed by atoms with Crippen molar-refractivity contribution in [3.05, 3.63) is 86.2 Å². The van der Waals surface area contributed by atoms with Gasteiger partial charge in [-0.2, -0.15) is 22.7 Å². The zero-order valence-electron chi connectivity index (χ0n) is 27.3. The lowest BCUT2D eigenvalue weighted by Gasteiger charge is -2.40. The molecule has 1 unspecified atom stereocenters. The number of ether oxygens (including phenoxy) is 1. The maximum absolute atomic E-state index is 14.4. The van der Waals surface area contributed by atoms with Crippen molar-refractivity contribution in [3.8, 4) is 0 Å². The molecule has 2 N–H and O–H groups in total. The monoisotopic (exact) mass is 710 g/mol. The Morgan fingerprint density at radius 3 is 2.62 bits per heavy atom. The van der Waals surface area contributed by atoms with Crippen LogP contribution in [0.5, 0.6) is 0 Å². The predicted molar refractivity (Wildman–Crippen MR) is 180 cm³/mol. The van der Waals surface area contributed by atoms with Gasteiger partial charge in [0.25, 0.3) is 11.5 Å². The molecule has 12 nitrogen and oxygen atoms in total. The Morgan fingerprint density at radius 2 is 1.94 bits per heavy atom. The van der Waals surface area contributed by atoms with E-state index in [0.717, 1.165) is 23.8 Å². The van der Waals surface area contributed by atoms with E-state index in [-0.39, 0.29) is 40.4 Å². The number of amides is 2. The number of carbonyl (C=O) groups excluding carboxylic acids is 2. The number of alkyl halides is 3. The van der Waals surface area contributed by atoms with Crippen LogP contribution >= 0.6 is 11.6 Å². The maximum Gasteiger partial charge on any atom is 0.416 e. The summed E-state index contributed by atoms with van der Waals surface area (Å²) in [6.07, 6.45) is 1.34. The summed E-state index contributed by atoms with van der Waals surface area (Å²) < 4.78 is 48.1. The molecule has 16 heteroatoms. The molecule has 1 saturated heterocycles. The Hall–Kier alpha value is -4.76. The van der Waals surface area contributed by atoms with Gasteiger partial charge >= 0.3 is 6.18 Å². The normalized spacial score (nSPS) is 18.6. The van der Waals surface area contributed by atoms with Gasteiger partial charge in [-0.3, -0.25) is 14.4 Å². The third-order valence-corrected chi connectivity index (χ3v) is 10.2. The standard InChI is InChI=1S/C34H34ClF3N8O4/c1-19-17-33(8-11-44(12-9-33)25-15-21(5-10-40-25)30(48)39-2)27-28(19)45(18-26(47)41-24-4-3-22(16-23(24)35)34(36,37)38)32-42-29(43-46(32)31(27)49)20-6-13-50-14-7-20/h3-6,10,15-16,19H,7-9,11-14,17-18H2,1-2H3,(H,39,48)(H,41,47). The van der Waals surface area contributed by atoms with Gasteiger partial charge in [0.2, 0.25) is 11.7 Å². The summed E-state index contributed by atoms with van der Waals surface area (Å²) in [6.45, 7) is 3.76. The highest BCUT2D eigenvalue weighted by Gasteiger charge is 2.49. The first-order valence-corrected chi connectivity index (χ1v) is 16.7. The molecule has 1 aromatic carbocycles. The largest absolute Gasteiger partial charge is 0.416 e. The second-order valence-electron chi connectivity index (χ2n) is 12.9. The number of hydrogen-bond acceptors (Lipinski definition) is 8. The van der Waals surface area contributed by atoms with E-state index in [4.69, 9.17) is 21.3 Å². The van der Waals surface area contributed by atoms with Gasteiger partial charge in [0, 0.05) is 48.6 Å². The van der Waals surface area contributed by atoms with Crippen molar-refractivity contribution in [1.29, 1.82) is 0 Å². The van der Waals surface area contributed by atoms with E-state index in [2.05, 4.69) is 25.6 Å². The number of hydrogen-bond donors (Lipinski definition) is 2. The van der Waals surface area contributed by atoms with Crippen LogP contribution in [-0.4, -0.2) is 69.3 Å². The van der Waals surface area contributed by atoms with Gasteiger partial charge in [0.15, 0.2) is 5.82 Å². The number of pyridine rings is 1. The molecule has 1 spiro atoms. The fraction of sp³-hybridized carbons (Fsp3) is 0.412. The van der Waals surface area contributed by atoms with E-state index >= 15 is 0 Å². The Labute approximate surface area is 289 Å². The molecule has 0 saturated carbocycles. The quantitative estimate of drug-likeness (QED) is 0.291.